The number of methoxy groups -OCH3 is 1. The minimum Gasteiger partial charge on any atom is -0.497 e. The summed E-state index contributed by atoms with van der Waals surface area (Å²) < 4.78 is 5.26. The molecule has 2 aliphatic rings. The molecule has 8 heteroatoms. The van der Waals surface area contributed by atoms with Crippen LogP contribution in [0.15, 0.2) is 60.7 Å². The Kier molecular flexibility index (Phi) is 4.51. The highest BCUT2D eigenvalue weighted by Crippen LogP contribution is 2.38. The van der Waals surface area contributed by atoms with E-state index in [1.807, 2.05) is 48.5 Å². The number of carbonyl (C=O) groups is 3. The molecule has 5 rings (SSSR count). The van der Waals surface area contributed by atoms with Crippen molar-refractivity contribution in [3.05, 3.63) is 76.7 Å². The average Bonchev–Trinajstić information content (AvgIpc) is 3.46. The Morgan fingerprint density at radius 3 is 2.58 bits per heavy atom. The summed E-state index contributed by atoms with van der Waals surface area (Å²) in [5.41, 5.74) is 1.10. The van der Waals surface area contributed by atoms with Gasteiger partial charge in [0.1, 0.15) is 5.75 Å². The highest BCUT2D eigenvalue weighted by Gasteiger charge is 2.51. The molecule has 0 aliphatic carbocycles. The SMILES string of the molecule is COc1ccc2c(c1)CN(CC1(c3ccc(-c4ccccc4)s3)NC(=O)NC1=O)C2=O. The molecule has 1 fully saturated rings. The van der Waals surface area contributed by atoms with Crippen LogP contribution >= 0.6 is 11.3 Å². The number of rotatable bonds is 5. The monoisotopic (exact) mass is 433 g/mol. The third kappa shape index (κ3) is 3.16. The molecule has 1 atom stereocenters. The number of fused-ring (bicyclic) bond motifs is 1. The Bertz CT molecular complexity index is 1210. The van der Waals surface area contributed by atoms with E-state index in [-0.39, 0.29) is 12.5 Å². The van der Waals surface area contributed by atoms with Crippen LogP contribution in [0.1, 0.15) is 20.8 Å². The Morgan fingerprint density at radius 2 is 1.87 bits per heavy atom. The second-order valence-electron chi connectivity index (χ2n) is 7.53. The van der Waals surface area contributed by atoms with Crippen LogP contribution in [0.25, 0.3) is 10.4 Å². The first-order chi connectivity index (χ1) is 15.0. The predicted octanol–water partition coefficient (Wildman–Crippen LogP) is 3.11. The smallest absolute Gasteiger partial charge is 0.322 e. The molecule has 2 aromatic carbocycles. The third-order valence-corrected chi connectivity index (χ3v) is 6.94. The molecule has 156 valence electrons. The minimum atomic E-state index is -1.34. The fourth-order valence-corrected chi connectivity index (χ4v) is 5.22. The number of ether oxygens (including phenoxy) is 1. The summed E-state index contributed by atoms with van der Waals surface area (Å²) >= 11 is 1.43. The van der Waals surface area contributed by atoms with Gasteiger partial charge >= 0.3 is 6.03 Å². The first-order valence-corrected chi connectivity index (χ1v) is 10.6. The van der Waals surface area contributed by atoms with Crippen molar-refractivity contribution in [2.75, 3.05) is 13.7 Å². The van der Waals surface area contributed by atoms with E-state index >= 15 is 0 Å². The van der Waals surface area contributed by atoms with Gasteiger partial charge in [0.15, 0.2) is 5.54 Å². The summed E-state index contributed by atoms with van der Waals surface area (Å²) in [6, 6.07) is 18.3. The van der Waals surface area contributed by atoms with Crippen LogP contribution in [-0.4, -0.2) is 36.4 Å². The van der Waals surface area contributed by atoms with Crippen molar-refractivity contribution in [1.29, 1.82) is 0 Å². The zero-order valence-corrected chi connectivity index (χ0v) is 17.5. The van der Waals surface area contributed by atoms with Crippen LogP contribution in [0.5, 0.6) is 5.75 Å². The molecule has 0 radical (unpaired) electrons. The van der Waals surface area contributed by atoms with Crippen LogP contribution < -0.4 is 15.4 Å². The van der Waals surface area contributed by atoms with Crippen LogP contribution in [0, 0.1) is 0 Å². The van der Waals surface area contributed by atoms with Crippen molar-refractivity contribution in [3.63, 3.8) is 0 Å². The quantitative estimate of drug-likeness (QED) is 0.606. The van der Waals surface area contributed by atoms with Crippen molar-refractivity contribution in [3.8, 4) is 16.2 Å². The number of amides is 4. The number of imide groups is 1. The van der Waals surface area contributed by atoms with Gasteiger partial charge in [-0.1, -0.05) is 30.3 Å². The Balaban J connectivity index is 1.50. The number of urea groups is 1. The molecule has 0 bridgehead atoms. The highest BCUT2D eigenvalue weighted by molar-refractivity contribution is 7.15. The van der Waals surface area contributed by atoms with Crippen LogP contribution in [0.2, 0.25) is 0 Å². The van der Waals surface area contributed by atoms with Gasteiger partial charge in [-0.15, -0.1) is 11.3 Å². The van der Waals surface area contributed by atoms with Crippen LogP contribution in [0.4, 0.5) is 4.79 Å². The minimum absolute atomic E-state index is 0.0369. The van der Waals surface area contributed by atoms with Gasteiger partial charge in [-0.2, -0.15) is 0 Å². The van der Waals surface area contributed by atoms with Crippen molar-refractivity contribution in [2.45, 2.75) is 12.1 Å². The molecule has 1 aromatic heterocycles. The fraction of sp³-hybridized carbons (Fsp3) is 0.174. The number of benzene rings is 2. The van der Waals surface area contributed by atoms with Gasteiger partial charge in [0.05, 0.1) is 13.7 Å². The van der Waals surface area contributed by atoms with E-state index in [0.717, 1.165) is 16.0 Å². The van der Waals surface area contributed by atoms with Gasteiger partial charge in [-0.3, -0.25) is 14.9 Å². The molecule has 3 aromatic rings. The Labute approximate surface area is 182 Å². The van der Waals surface area contributed by atoms with E-state index in [9.17, 15) is 14.4 Å². The zero-order chi connectivity index (χ0) is 21.6. The fourth-order valence-electron chi connectivity index (χ4n) is 4.08. The molecule has 0 spiro atoms. The lowest BCUT2D eigenvalue weighted by molar-refractivity contribution is -0.124. The number of nitrogens with zero attached hydrogens (tertiary/aromatic N) is 1. The molecule has 4 amide bonds. The third-order valence-electron chi connectivity index (χ3n) is 5.65. The first kappa shape index (κ1) is 19.3. The second kappa shape index (κ2) is 7.24. The number of hydrogen-bond donors (Lipinski definition) is 2. The zero-order valence-electron chi connectivity index (χ0n) is 16.7. The average molecular weight is 433 g/mol. The van der Waals surface area contributed by atoms with Crippen molar-refractivity contribution >= 4 is 29.2 Å². The van der Waals surface area contributed by atoms with Gasteiger partial charge in [0, 0.05) is 21.9 Å². The molecular weight excluding hydrogens is 414 g/mol. The summed E-state index contributed by atoms with van der Waals surface area (Å²) in [6.07, 6.45) is 0. The molecule has 1 unspecified atom stereocenters. The van der Waals surface area contributed by atoms with Gasteiger partial charge in [-0.05, 0) is 41.5 Å². The van der Waals surface area contributed by atoms with Gasteiger partial charge in [-0.25, -0.2) is 4.79 Å². The lowest BCUT2D eigenvalue weighted by atomic mass is 9.96. The molecule has 2 N–H and O–H groups in total. The summed E-state index contributed by atoms with van der Waals surface area (Å²) in [4.78, 5) is 41.4. The largest absolute Gasteiger partial charge is 0.497 e. The lowest BCUT2D eigenvalue weighted by Gasteiger charge is -2.30. The summed E-state index contributed by atoms with van der Waals surface area (Å²) in [5, 5.41) is 5.13. The van der Waals surface area contributed by atoms with E-state index in [0.29, 0.717) is 22.7 Å². The molecule has 3 heterocycles. The highest BCUT2D eigenvalue weighted by atomic mass is 32.1. The Morgan fingerprint density at radius 1 is 1.06 bits per heavy atom. The Hall–Kier alpha value is -3.65. The molecule has 1 saturated heterocycles. The van der Waals surface area contributed by atoms with Crippen molar-refractivity contribution in [1.82, 2.24) is 15.5 Å². The topological polar surface area (TPSA) is 87.7 Å². The number of nitrogens with one attached hydrogen (secondary N) is 2. The van der Waals surface area contributed by atoms with E-state index in [2.05, 4.69) is 10.6 Å². The lowest BCUT2D eigenvalue weighted by Crippen LogP contribution is -2.52. The number of thiophene rings is 1. The van der Waals surface area contributed by atoms with E-state index < -0.39 is 17.5 Å². The maximum absolute atomic E-state index is 13.0. The van der Waals surface area contributed by atoms with Crippen LogP contribution in [0.3, 0.4) is 0 Å². The van der Waals surface area contributed by atoms with E-state index in [1.165, 1.54) is 11.3 Å². The molecule has 0 saturated carbocycles. The standard InChI is InChI=1S/C23H19N3O4S/c1-30-16-7-8-17-15(11-16)12-26(20(17)27)13-23(21(28)24-22(29)25-23)19-10-9-18(31-19)14-5-3-2-4-6-14/h2-11H,12-13H2,1H3,(H2,24,25,28,29). The molecule has 7 nitrogen and oxygen atoms in total. The van der Waals surface area contributed by atoms with Crippen LogP contribution in [-0.2, 0) is 16.9 Å². The molecule has 31 heavy (non-hydrogen) atoms. The summed E-state index contributed by atoms with van der Waals surface area (Å²) in [5.74, 6) is 0.0342. The summed E-state index contributed by atoms with van der Waals surface area (Å²) in [6.45, 7) is 0.377. The van der Waals surface area contributed by atoms with Gasteiger partial charge < -0.3 is 15.0 Å². The van der Waals surface area contributed by atoms with Crippen molar-refractivity contribution < 1.29 is 19.1 Å². The summed E-state index contributed by atoms with van der Waals surface area (Å²) in [7, 11) is 1.57. The second-order valence-corrected chi connectivity index (χ2v) is 8.61. The number of carbonyl (C=O) groups excluding carboxylic acids is 3. The molecular formula is C23H19N3O4S. The maximum atomic E-state index is 13.0. The first-order valence-electron chi connectivity index (χ1n) is 9.76. The van der Waals surface area contributed by atoms with Gasteiger partial charge in [0.25, 0.3) is 11.8 Å². The van der Waals surface area contributed by atoms with Gasteiger partial charge in [0.2, 0.25) is 0 Å². The predicted molar refractivity (Wildman–Crippen MR) is 116 cm³/mol. The van der Waals surface area contributed by atoms with Crippen molar-refractivity contribution in [2.24, 2.45) is 0 Å². The van der Waals surface area contributed by atoms with E-state index in [1.54, 1.807) is 24.1 Å². The maximum Gasteiger partial charge on any atom is 0.322 e. The molecule has 2 aliphatic heterocycles. The number of hydrogen-bond acceptors (Lipinski definition) is 5. The van der Waals surface area contributed by atoms with E-state index in [4.69, 9.17) is 4.74 Å². The normalized spacial score (nSPS) is 19.9.